The summed E-state index contributed by atoms with van der Waals surface area (Å²) in [5.74, 6) is 0.0344. The van der Waals surface area contributed by atoms with E-state index in [-0.39, 0.29) is 6.10 Å². The van der Waals surface area contributed by atoms with E-state index in [0.717, 1.165) is 11.3 Å². The first-order chi connectivity index (χ1) is 11.0. The molecule has 0 fully saturated rings. The molecule has 0 aliphatic rings. The Labute approximate surface area is 140 Å². The molecule has 0 bridgehead atoms. The van der Waals surface area contributed by atoms with Crippen molar-refractivity contribution in [1.29, 1.82) is 0 Å². The number of carbonyl (C=O) groups is 1. The number of hydrogen-bond acceptors (Lipinski definition) is 3. The highest BCUT2D eigenvalue weighted by Gasteiger charge is 2.13. The summed E-state index contributed by atoms with van der Waals surface area (Å²) in [4.78, 5) is 10.9. The number of carboxylic acids is 1. The number of ether oxygens (including phenoxy) is 2. The molecule has 0 aliphatic heterocycles. The van der Waals surface area contributed by atoms with Gasteiger partial charge >= 0.3 is 5.97 Å². The third-order valence-corrected chi connectivity index (χ3v) is 3.64. The van der Waals surface area contributed by atoms with Crippen LogP contribution in [0.3, 0.4) is 0 Å². The second-order valence-electron chi connectivity index (χ2n) is 5.32. The Morgan fingerprint density at radius 2 is 1.61 bits per heavy atom. The van der Waals surface area contributed by atoms with Crippen LogP contribution >= 0.6 is 11.6 Å². The van der Waals surface area contributed by atoms with Gasteiger partial charge in [-0.05, 0) is 55.8 Å². The molecule has 0 amide bonds. The Hall–Kier alpha value is -2.20. The lowest BCUT2D eigenvalue weighted by molar-refractivity contribution is -0.138. The zero-order valence-corrected chi connectivity index (χ0v) is 13.8. The first kappa shape index (κ1) is 17.2. The highest BCUT2D eigenvalue weighted by molar-refractivity contribution is 6.30. The van der Waals surface area contributed by atoms with Gasteiger partial charge in [-0.25, -0.2) is 0 Å². The zero-order chi connectivity index (χ0) is 16.8. The van der Waals surface area contributed by atoms with Crippen LogP contribution in [-0.2, 0) is 4.79 Å². The minimum Gasteiger partial charge on any atom is -0.490 e. The number of halogens is 1. The summed E-state index contributed by atoms with van der Waals surface area (Å²) in [6.07, 6.45) is -0.145. The van der Waals surface area contributed by atoms with Gasteiger partial charge in [0.25, 0.3) is 0 Å². The lowest BCUT2D eigenvalue weighted by Gasteiger charge is -2.16. The molecule has 0 heterocycles. The third kappa shape index (κ3) is 5.18. The molecule has 122 valence electrons. The molecule has 2 aromatic carbocycles. The van der Waals surface area contributed by atoms with E-state index in [1.807, 2.05) is 6.92 Å². The number of rotatable bonds is 7. The van der Waals surface area contributed by atoms with E-state index < -0.39 is 11.9 Å². The highest BCUT2D eigenvalue weighted by atomic mass is 35.5. The summed E-state index contributed by atoms with van der Waals surface area (Å²) in [6.45, 7) is 3.96. The van der Waals surface area contributed by atoms with Gasteiger partial charge in [0, 0.05) is 5.02 Å². The van der Waals surface area contributed by atoms with Crippen LogP contribution in [0.5, 0.6) is 11.5 Å². The Morgan fingerprint density at radius 1 is 1.04 bits per heavy atom. The van der Waals surface area contributed by atoms with Gasteiger partial charge in [-0.2, -0.15) is 0 Å². The van der Waals surface area contributed by atoms with Gasteiger partial charge in [-0.1, -0.05) is 23.7 Å². The van der Waals surface area contributed by atoms with Gasteiger partial charge in [0.2, 0.25) is 0 Å². The van der Waals surface area contributed by atoms with E-state index in [0.29, 0.717) is 17.4 Å². The van der Waals surface area contributed by atoms with Gasteiger partial charge in [-0.15, -0.1) is 0 Å². The van der Waals surface area contributed by atoms with Crippen molar-refractivity contribution in [2.75, 3.05) is 6.61 Å². The average Bonchev–Trinajstić information content (AvgIpc) is 2.54. The van der Waals surface area contributed by atoms with Crippen LogP contribution in [-0.4, -0.2) is 23.8 Å². The van der Waals surface area contributed by atoms with Gasteiger partial charge in [0.1, 0.15) is 24.2 Å². The van der Waals surface area contributed by atoms with Gasteiger partial charge in [-0.3, -0.25) is 4.79 Å². The topological polar surface area (TPSA) is 55.8 Å². The lowest BCUT2D eigenvalue weighted by atomic mass is 10.0. The molecule has 23 heavy (non-hydrogen) atoms. The van der Waals surface area contributed by atoms with Crippen LogP contribution in [0.25, 0.3) is 0 Å². The number of hydrogen-bond donors (Lipinski definition) is 1. The fourth-order valence-corrected chi connectivity index (χ4v) is 2.11. The number of benzene rings is 2. The van der Waals surface area contributed by atoms with Crippen molar-refractivity contribution in [1.82, 2.24) is 0 Å². The number of aliphatic carboxylic acids is 1. The van der Waals surface area contributed by atoms with Crippen molar-refractivity contribution in [3.63, 3.8) is 0 Å². The maximum atomic E-state index is 10.9. The normalized spacial score (nSPS) is 13.2. The Kier molecular flexibility index (Phi) is 5.88. The molecule has 1 N–H and O–H groups in total. The van der Waals surface area contributed by atoms with E-state index >= 15 is 0 Å². The molecule has 5 heteroatoms. The quantitative estimate of drug-likeness (QED) is 0.816. The summed E-state index contributed by atoms with van der Waals surface area (Å²) in [6, 6.07) is 14.2. The molecule has 0 spiro atoms. The Bertz CT molecular complexity index is 637. The second-order valence-corrected chi connectivity index (χ2v) is 5.76. The highest BCUT2D eigenvalue weighted by Crippen LogP contribution is 2.21. The van der Waals surface area contributed by atoms with Gasteiger partial charge < -0.3 is 14.6 Å². The Balaban J connectivity index is 1.86. The summed E-state index contributed by atoms with van der Waals surface area (Å²) < 4.78 is 11.4. The van der Waals surface area contributed by atoms with Crippen LogP contribution in [0, 0.1) is 0 Å². The molecular weight excluding hydrogens is 316 g/mol. The van der Waals surface area contributed by atoms with E-state index in [1.165, 1.54) is 0 Å². The van der Waals surface area contributed by atoms with Crippen molar-refractivity contribution in [3.05, 3.63) is 59.1 Å². The van der Waals surface area contributed by atoms with Gasteiger partial charge in [0.15, 0.2) is 0 Å². The van der Waals surface area contributed by atoms with Crippen LogP contribution in [0.4, 0.5) is 0 Å². The molecule has 2 rings (SSSR count). The molecule has 0 aliphatic carbocycles. The molecule has 2 unspecified atom stereocenters. The predicted octanol–water partition coefficient (Wildman–Crippen LogP) is 4.37. The maximum absolute atomic E-state index is 10.9. The van der Waals surface area contributed by atoms with Crippen molar-refractivity contribution in [3.8, 4) is 11.5 Å². The molecule has 4 nitrogen and oxygen atoms in total. The molecular formula is C18H19ClO4. The largest absolute Gasteiger partial charge is 0.490 e. The van der Waals surface area contributed by atoms with Crippen LogP contribution in [0.1, 0.15) is 25.3 Å². The minimum absolute atomic E-state index is 0.145. The van der Waals surface area contributed by atoms with Crippen molar-refractivity contribution < 1.29 is 19.4 Å². The summed E-state index contributed by atoms with van der Waals surface area (Å²) >= 11 is 5.82. The third-order valence-electron chi connectivity index (χ3n) is 3.39. The molecule has 0 saturated carbocycles. The molecule has 2 atom stereocenters. The monoisotopic (exact) mass is 334 g/mol. The first-order valence-corrected chi connectivity index (χ1v) is 7.71. The van der Waals surface area contributed by atoms with Gasteiger partial charge in [0.05, 0.1) is 5.92 Å². The molecule has 0 radical (unpaired) electrons. The summed E-state index contributed by atoms with van der Waals surface area (Å²) in [5, 5.41) is 9.65. The number of carboxylic acid groups (broad SMARTS) is 1. The summed E-state index contributed by atoms with van der Waals surface area (Å²) in [7, 11) is 0. The predicted molar refractivity (Wildman–Crippen MR) is 89.5 cm³/mol. The van der Waals surface area contributed by atoms with E-state index in [9.17, 15) is 4.79 Å². The van der Waals surface area contributed by atoms with E-state index in [4.69, 9.17) is 26.2 Å². The van der Waals surface area contributed by atoms with Crippen LogP contribution < -0.4 is 9.47 Å². The van der Waals surface area contributed by atoms with Crippen molar-refractivity contribution in [2.24, 2.45) is 0 Å². The fraction of sp³-hybridized carbons (Fsp3) is 0.278. The maximum Gasteiger partial charge on any atom is 0.310 e. The standard InChI is InChI=1S/C18H19ClO4/c1-12(11-22-16-9-5-15(19)6-10-16)23-17-7-3-14(4-8-17)13(2)18(20)21/h3-10,12-13H,11H2,1-2H3,(H,20,21). The molecule has 2 aromatic rings. The second kappa shape index (κ2) is 7.88. The lowest BCUT2D eigenvalue weighted by Crippen LogP contribution is -2.21. The zero-order valence-electron chi connectivity index (χ0n) is 13.0. The fourth-order valence-electron chi connectivity index (χ4n) is 1.99. The molecule has 0 saturated heterocycles. The smallest absolute Gasteiger partial charge is 0.310 e. The average molecular weight is 335 g/mol. The SMILES string of the molecule is CC(COc1ccc(Cl)cc1)Oc1ccc(C(C)C(=O)O)cc1. The molecule has 0 aromatic heterocycles. The van der Waals surface area contributed by atoms with Crippen LogP contribution in [0.15, 0.2) is 48.5 Å². The Morgan fingerprint density at radius 3 is 2.17 bits per heavy atom. The first-order valence-electron chi connectivity index (χ1n) is 7.33. The minimum atomic E-state index is -0.844. The summed E-state index contributed by atoms with van der Waals surface area (Å²) in [5.41, 5.74) is 0.745. The van der Waals surface area contributed by atoms with E-state index in [1.54, 1.807) is 55.5 Å². The van der Waals surface area contributed by atoms with E-state index in [2.05, 4.69) is 0 Å². The van der Waals surface area contributed by atoms with Crippen molar-refractivity contribution >= 4 is 17.6 Å². The van der Waals surface area contributed by atoms with Crippen molar-refractivity contribution in [2.45, 2.75) is 25.9 Å². The van der Waals surface area contributed by atoms with Crippen LogP contribution in [0.2, 0.25) is 5.02 Å².